The van der Waals surface area contributed by atoms with Gasteiger partial charge in [0.15, 0.2) is 0 Å². The Labute approximate surface area is 93.2 Å². The van der Waals surface area contributed by atoms with Crippen LogP contribution in [-0.2, 0) is 0 Å². The highest BCUT2D eigenvalue weighted by Gasteiger charge is 2.15. The second-order valence-corrected chi connectivity index (χ2v) is 3.59. The smallest absolute Gasteiger partial charge is 0.387 e. The van der Waals surface area contributed by atoms with Gasteiger partial charge in [-0.2, -0.15) is 8.78 Å². The molecule has 0 saturated carbocycles. The van der Waals surface area contributed by atoms with E-state index >= 15 is 0 Å². The first-order valence-electron chi connectivity index (χ1n) is 4.87. The van der Waals surface area contributed by atoms with Crippen LogP contribution in [0.1, 0.15) is 25.0 Å². The fourth-order valence-electron chi connectivity index (χ4n) is 1.40. The van der Waals surface area contributed by atoms with Crippen molar-refractivity contribution >= 4 is 0 Å². The zero-order chi connectivity index (χ0) is 12.1. The molecular formula is C12H14F2O2. The quantitative estimate of drug-likeness (QED) is 0.783. The molecule has 0 aliphatic heterocycles. The highest BCUT2D eigenvalue weighted by Crippen LogP contribution is 2.29. The van der Waals surface area contributed by atoms with E-state index in [1.165, 1.54) is 6.07 Å². The first kappa shape index (κ1) is 12.6. The van der Waals surface area contributed by atoms with Gasteiger partial charge < -0.3 is 9.84 Å². The summed E-state index contributed by atoms with van der Waals surface area (Å²) in [6.45, 7) is 2.54. The fourth-order valence-corrected chi connectivity index (χ4v) is 1.40. The third kappa shape index (κ3) is 3.62. The molecule has 0 amide bonds. The molecule has 0 spiro atoms. The number of aliphatic hydroxyl groups excluding tert-OH is 1. The van der Waals surface area contributed by atoms with Gasteiger partial charge in [-0.3, -0.25) is 0 Å². The normalized spacial score (nSPS) is 12.6. The molecule has 0 aromatic heterocycles. The Kier molecular flexibility index (Phi) is 4.43. The van der Waals surface area contributed by atoms with E-state index in [2.05, 4.69) is 11.3 Å². The van der Waals surface area contributed by atoms with Crippen molar-refractivity contribution in [2.45, 2.75) is 26.1 Å². The van der Waals surface area contributed by atoms with E-state index in [9.17, 15) is 13.9 Å². The third-order valence-corrected chi connectivity index (χ3v) is 2.04. The van der Waals surface area contributed by atoms with Crippen LogP contribution in [0.5, 0.6) is 5.75 Å². The van der Waals surface area contributed by atoms with Crippen LogP contribution in [0.25, 0.3) is 0 Å². The predicted molar refractivity (Wildman–Crippen MR) is 57.5 cm³/mol. The summed E-state index contributed by atoms with van der Waals surface area (Å²) in [7, 11) is 0. The van der Waals surface area contributed by atoms with Crippen molar-refractivity contribution in [1.29, 1.82) is 0 Å². The third-order valence-electron chi connectivity index (χ3n) is 2.04. The molecule has 88 valence electrons. The summed E-state index contributed by atoms with van der Waals surface area (Å²) in [6.07, 6.45) is -0.545. The van der Waals surface area contributed by atoms with Gasteiger partial charge in [0.1, 0.15) is 5.75 Å². The number of hydrogen-bond acceptors (Lipinski definition) is 2. The lowest BCUT2D eigenvalue weighted by molar-refractivity contribution is -0.0515. The number of alkyl halides is 2. The highest BCUT2D eigenvalue weighted by molar-refractivity contribution is 5.35. The Balaban J connectivity index is 2.89. The van der Waals surface area contributed by atoms with Crippen molar-refractivity contribution in [1.82, 2.24) is 0 Å². The van der Waals surface area contributed by atoms with Gasteiger partial charge >= 0.3 is 6.61 Å². The van der Waals surface area contributed by atoms with Gasteiger partial charge in [-0.1, -0.05) is 23.8 Å². The summed E-state index contributed by atoms with van der Waals surface area (Å²) < 4.78 is 28.5. The van der Waals surface area contributed by atoms with Crippen LogP contribution in [0, 0.1) is 0 Å². The first-order valence-corrected chi connectivity index (χ1v) is 4.87. The van der Waals surface area contributed by atoms with E-state index in [-0.39, 0.29) is 5.75 Å². The molecule has 0 aliphatic carbocycles. The maximum absolute atomic E-state index is 12.1. The molecule has 4 heteroatoms. The molecule has 0 aliphatic rings. The van der Waals surface area contributed by atoms with Gasteiger partial charge in [-0.05, 0) is 19.4 Å². The highest BCUT2D eigenvalue weighted by atomic mass is 19.3. The molecule has 0 bridgehead atoms. The van der Waals surface area contributed by atoms with Gasteiger partial charge in [0.25, 0.3) is 0 Å². The monoisotopic (exact) mass is 228 g/mol. The Morgan fingerprint density at radius 2 is 2.06 bits per heavy atom. The number of rotatable bonds is 5. The van der Waals surface area contributed by atoms with E-state index < -0.39 is 12.7 Å². The number of ether oxygens (including phenoxy) is 1. The Morgan fingerprint density at radius 3 is 2.62 bits per heavy atom. The zero-order valence-electron chi connectivity index (χ0n) is 8.99. The molecular weight excluding hydrogens is 214 g/mol. The largest absolute Gasteiger partial charge is 0.434 e. The number of benzene rings is 1. The summed E-state index contributed by atoms with van der Waals surface area (Å²) in [6, 6.07) is 6.21. The predicted octanol–water partition coefficient (Wildman–Crippen LogP) is 3.29. The van der Waals surface area contributed by atoms with Gasteiger partial charge in [0.05, 0.1) is 6.10 Å². The number of halogens is 2. The van der Waals surface area contributed by atoms with E-state index in [0.29, 0.717) is 12.0 Å². The fraction of sp³-hybridized carbons (Fsp3) is 0.333. The minimum absolute atomic E-state index is 0.00579. The SMILES string of the molecule is C=C(C)CC(O)c1ccccc1OC(F)F. The summed E-state index contributed by atoms with van der Waals surface area (Å²) in [4.78, 5) is 0. The summed E-state index contributed by atoms with van der Waals surface area (Å²) in [5, 5.41) is 9.80. The lowest BCUT2D eigenvalue weighted by Gasteiger charge is -2.15. The zero-order valence-corrected chi connectivity index (χ0v) is 8.99. The Morgan fingerprint density at radius 1 is 1.44 bits per heavy atom. The minimum atomic E-state index is -2.89. The molecule has 1 aromatic carbocycles. The minimum Gasteiger partial charge on any atom is -0.434 e. The summed E-state index contributed by atoms with van der Waals surface area (Å²) in [5.74, 6) is 0.00579. The average Bonchev–Trinajstić information content (AvgIpc) is 2.16. The molecule has 16 heavy (non-hydrogen) atoms. The van der Waals surface area contributed by atoms with Crippen LogP contribution in [-0.4, -0.2) is 11.7 Å². The molecule has 0 fully saturated rings. The lowest BCUT2D eigenvalue weighted by atomic mass is 10.0. The molecule has 1 atom stereocenters. The Bertz CT molecular complexity index is 364. The van der Waals surface area contributed by atoms with Crippen LogP contribution in [0.2, 0.25) is 0 Å². The second-order valence-electron chi connectivity index (χ2n) is 3.59. The van der Waals surface area contributed by atoms with Gasteiger partial charge in [0, 0.05) is 5.56 Å². The van der Waals surface area contributed by atoms with Gasteiger partial charge in [0.2, 0.25) is 0 Å². The molecule has 0 saturated heterocycles. The average molecular weight is 228 g/mol. The van der Waals surface area contributed by atoms with Gasteiger partial charge in [-0.25, -0.2) is 0 Å². The van der Waals surface area contributed by atoms with Crippen LogP contribution in [0.4, 0.5) is 8.78 Å². The molecule has 0 radical (unpaired) electrons. The summed E-state index contributed by atoms with van der Waals surface area (Å²) >= 11 is 0. The molecule has 0 heterocycles. The molecule has 1 unspecified atom stereocenters. The Hall–Kier alpha value is -1.42. The van der Waals surface area contributed by atoms with E-state index in [1.807, 2.05) is 0 Å². The van der Waals surface area contributed by atoms with Crippen LogP contribution in [0.15, 0.2) is 36.4 Å². The van der Waals surface area contributed by atoms with Crippen LogP contribution < -0.4 is 4.74 Å². The molecule has 2 nitrogen and oxygen atoms in total. The lowest BCUT2D eigenvalue weighted by Crippen LogP contribution is -2.07. The molecule has 1 rings (SSSR count). The maximum atomic E-state index is 12.1. The van der Waals surface area contributed by atoms with E-state index in [4.69, 9.17) is 0 Å². The second kappa shape index (κ2) is 5.61. The topological polar surface area (TPSA) is 29.5 Å². The number of hydrogen-bond donors (Lipinski definition) is 1. The van der Waals surface area contributed by atoms with Crippen molar-refractivity contribution in [3.05, 3.63) is 42.0 Å². The van der Waals surface area contributed by atoms with E-state index in [1.54, 1.807) is 25.1 Å². The van der Waals surface area contributed by atoms with Crippen molar-refractivity contribution in [3.8, 4) is 5.75 Å². The van der Waals surface area contributed by atoms with Gasteiger partial charge in [-0.15, -0.1) is 6.58 Å². The molecule has 1 aromatic rings. The summed E-state index contributed by atoms with van der Waals surface area (Å²) in [5.41, 5.74) is 1.13. The van der Waals surface area contributed by atoms with Crippen LogP contribution >= 0.6 is 0 Å². The maximum Gasteiger partial charge on any atom is 0.387 e. The van der Waals surface area contributed by atoms with Crippen molar-refractivity contribution in [3.63, 3.8) is 0 Å². The van der Waals surface area contributed by atoms with Crippen LogP contribution in [0.3, 0.4) is 0 Å². The van der Waals surface area contributed by atoms with E-state index in [0.717, 1.165) is 5.57 Å². The van der Waals surface area contributed by atoms with Crippen molar-refractivity contribution in [2.24, 2.45) is 0 Å². The first-order chi connectivity index (χ1) is 7.50. The standard InChI is InChI=1S/C12H14F2O2/c1-8(2)7-10(15)9-5-3-4-6-11(9)16-12(13)14/h3-6,10,12,15H,1,7H2,2H3. The van der Waals surface area contributed by atoms with Crippen molar-refractivity contribution < 1.29 is 18.6 Å². The molecule has 1 N–H and O–H groups in total. The number of aliphatic hydroxyl groups is 1. The number of para-hydroxylation sites is 1. The van der Waals surface area contributed by atoms with Crippen molar-refractivity contribution in [2.75, 3.05) is 0 Å².